The Morgan fingerprint density at radius 3 is 2.73 bits per heavy atom. The fourth-order valence-corrected chi connectivity index (χ4v) is 3.76. The van der Waals surface area contributed by atoms with Gasteiger partial charge in [0.15, 0.2) is 0 Å². The second-order valence-electron chi connectivity index (χ2n) is 8.77. The maximum Gasteiger partial charge on any atom is 0.312 e. The zero-order chi connectivity index (χ0) is 21.9. The first-order valence-electron chi connectivity index (χ1n) is 10.5. The molecule has 3 rings (SSSR count). The van der Waals surface area contributed by atoms with Crippen molar-refractivity contribution < 1.29 is 19.4 Å². The second kappa shape index (κ2) is 9.04. The van der Waals surface area contributed by atoms with Crippen molar-refractivity contribution in [2.24, 2.45) is 5.92 Å². The molecule has 1 saturated heterocycles. The smallest absolute Gasteiger partial charge is 0.312 e. The molecule has 162 valence electrons. The normalized spacial score (nSPS) is 19.6. The molecule has 2 heterocycles. The lowest BCUT2D eigenvalue weighted by atomic mass is 9.93. The van der Waals surface area contributed by atoms with E-state index in [9.17, 15) is 9.90 Å². The number of anilines is 1. The predicted octanol–water partition coefficient (Wildman–Crippen LogP) is 4.34. The number of nitrogens with zero attached hydrogens (tertiary/aromatic N) is 2. The van der Waals surface area contributed by atoms with Crippen LogP contribution in [0.3, 0.4) is 0 Å². The van der Waals surface area contributed by atoms with E-state index < -0.39 is 5.60 Å². The van der Waals surface area contributed by atoms with E-state index in [1.54, 1.807) is 6.07 Å². The van der Waals surface area contributed by atoms with Crippen LogP contribution in [0.1, 0.15) is 39.7 Å². The summed E-state index contributed by atoms with van der Waals surface area (Å²) in [6.07, 6.45) is 0.387. The Morgan fingerprint density at radius 2 is 2.03 bits per heavy atom. The van der Waals surface area contributed by atoms with Gasteiger partial charge in [-0.3, -0.25) is 4.79 Å². The minimum Gasteiger partial charge on any atom is -0.507 e. The van der Waals surface area contributed by atoms with E-state index in [0.29, 0.717) is 31.7 Å². The largest absolute Gasteiger partial charge is 0.507 e. The number of benzene rings is 1. The number of piperidine rings is 1. The lowest BCUT2D eigenvalue weighted by molar-refractivity contribution is -0.166. The molecule has 2 aromatic rings. The van der Waals surface area contributed by atoms with Crippen LogP contribution in [0, 0.1) is 12.8 Å². The van der Waals surface area contributed by atoms with Crippen molar-refractivity contribution >= 4 is 11.8 Å². The maximum atomic E-state index is 12.7. The van der Waals surface area contributed by atoms with Crippen molar-refractivity contribution in [2.75, 3.05) is 24.6 Å². The van der Waals surface area contributed by atoms with Crippen LogP contribution in [0.2, 0.25) is 0 Å². The van der Waals surface area contributed by atoms with E-state index in [1.165, 1.54) is 0 Å². The van der Waals surface area contributed by atoms with Crippen LogP contribution >= 0.6 is 0 Å². The minimum atomic E-state index is -0.517. The van der Waals surface area contributed by atoms with Crippen molar-refractivity contribution in [3.05, 3.63) is 42.0 Å². The zero-order valence-electron chi connectivity index (χ0n) is 18.5. The number of carbonyl (C=O) groups is 1. The van der Waals surface area contributed by atoms with Crippen molar-refractivity contribution in [1.82, 2.24) is 4.98 Å². The van der Waals surface area contributed by atoms with E-state index in [1.807, 2.05) is 65.0 Å². The average Bonchev–Trinajstić information content (AvgIpc) is 2.69. The topological polar surface area (TPSA) is 71.9 Å². The van der Waals surface area contributed by atoms with E-state index in [0.717, 1.165) is 17.1 Å². The number of phenols is 1. The van der Waals surface area contributed by atoms with Gasteiger partial charge in [-0.1, -0.05) is 17.7 Å². The highest BCUT2D eigenvalue weighted by molar-refractivity contribution is 5.74. The van der Waals surface area contributed by atoms with Gasteiger partial charge in [0, 0.05) is 25.3 Å². The molecular weight excluding hydrogens is 380 g/mol. The molecule has 1 fully saturated rings. The van der Waals surface area contributed by atoms with Gasteiger partial charge in [-0.15, -0.1) is 0 Å². The van der Waals surface area contributed by atoms with Gasteiger partial charge in [-0.2, -0.15) is 0 Å². The molecule has 0 amide bonds. The average molecular weight is 413 g/mol. The number of hydrogen-bond acceptors (Lipinski definition) is 6. The van der Waals surface area contributed by atoms with Gasteiger partial charge in [0.2, 0.25) is 0 Å². The second-order valence-corrected chi connectivity index (χ2v) is 8.77. The molecule has 0 radical (unpaired) electrons. The van der Waals surface area contributed by atoms with Crippen LogP contribution in [0.5, 0.6) is 5.75 Å². The highest BCUT2D eigenvalue weighted by atomic mass is 16.6. The van der Waals surface area contributed by atoms with Crippen molar-refractivity contribution in [1.29, 1.82) is 0 Å². The minimum absolute atomic E-state index is 0.202. The van der Waals surface area contributed by atoms with Gasteiger partial charge >= 0.3 is 5.97 Å². The Hall–Kier alpha value is -2.60. The first-order valence-corrected chi connectivity index (χ1v) is 10.5. The summed E-state index contributed by atoms with van der Waals surface area (Å²) in [4.78, 5) is 19.6. The first-order chi connectivity index (χ1) is 14.2. The first kappa shape index (κ1) is 22.1. The lowest BCUT2D eigenvalue weighted by Gasteiger charge is -2.38. The number of esters is 1. The molecule has 0 aliphatic carbocycles. The summed E-state index contributed by atoms with van der Waals surface area (Å²) in [5, 5.41) is 10.3. The fourth-order valence-electron chi connectivity index (χ4n) is 3.76. The molecule has 1 aromatic heterocycles. The lowest BCUT2D eigenvalue weighted by Crippen LogP contribution is -2.49. The van der Waals surface area contributed by atoms with Gasteiger partial charge in [-0.05, 0) is 65.3 Å². The third-order valence-electron chi connectivity index (χ3n) is 5.14. The maximum absolute atomic E-state index is 12.7. The molecule has 0 unspecified atom stereocenters. The van der Waals surface area contributed by atoms with Gasteiger partial charge < -0.3 is 19.5 Å². The summed E-state index contributed by atoms with van der Waals surface area (Å²) in [6.45, 7) is 11.3. The third-order valence-corrected chi connectivity index (χ3v) is 5.14. The molecule has 6 nitrogen and oxygen atoms in total. The Bertz CT molecular complexity index is 891. The van der Waals surface area contributed by atoms with Gasteiger partial charge in [0.05, 0.1) is 17.7 Å². The van der Waals surface area contributed by atoms with E-state index >= 15 is 0 Å². The van der Waals surface area contributed by atoms with Crippen molar-refractivity contribution in [3.63, 3.8) is 0 Å². The molecule has 1 aromatic carbocycles. The molecule has 2 atom stereocenters. The number of aryl methyl sites for hydroxylation is 1. The van der Waals surface area contributed by atoms with Crippen LogP contribution < -0.4 is 4.90 Å². The third kappa shape index (κ3) is 5.30. The monoisotopic (exact) mass is 412 g/mol. The number of aromatic nitrogens is 1. The summed E-state index contributed by atoms with van der Waals surface area (Å²) >= 11 is 0. The molecule has 1 N–H and O–H groups in total. The molecule has 6 heteroatoms. The summed E-state index contributed by atoms with van der Waals surface area (Å²) in [7, 11) is 0. The Labute approximate surface area is 178 Å². The van der Waals surface area contributed by atoms with Crippen LogP contribution in [0.15, 0.2) is 36.4 Å². The van der Waals surface area contributed by atoms with Gasteiger partial charge in [-0.25, -0.2) is 4.98 Å². The summed E-state index contributed by atoms with van der Waals surface area (Å²) in [6, 6.07) is 11.3. The van der Waals surface area contributed by atoms with Crippen LogP contribution in [0.25, 0.3) is 11.3 Å². The Kier molecular flexibility index (Phi) is 6.66. The van der Waals surface area contributed by atoms with Crippen LogP contribution in [-0.4, -0.2) is 47.5 Å². The van der Waals surface area contributed by atoms with Crippen molar-refractivity contribution in [3.8, 4) is 17.0 Å². The predicted molar refractivity (Wildman–Crippen MR) is 118 cm³/mol. The van der Waals surface area contributed by atoms with Crippen LogP contribution in [-0.2, 0) is 14.3 Å². The standard InChI is InChI=1S/C24H32N2O4/c1-6-29-21-15-26(13-12-17(21)23(28)30-24(3,4)5)22-9-7-8-19(25-22)18-14-16(2)10-11-20(18)27/h7-11,14,17,21,27H,6,12-13,15H2,1-5H3/t17-,21+/m0/s1. The van der Waals surface area contributed by atoms with E-state index in [4.69, 9.17) is 14.5 Å². The van der Waals surface area contributed by atoms with E-state index in [2.05, 4.69) is 4.90 Å². The van der Waals surface area contributed by atoms with Gasteiger partial charge in [0.25, 0.3) is 0 Å². The number of carbonyl (C=O) groups excluding carboxylic acids is 1. The van der Waals surface area contributed by atoms with E-state index in [-0.39, 0.29) is 23.7 Å². The number of phenolic OH excluding ortho intramolecular Hbond substituents is 1. The molecular formula is C24H32N2O4. The fraction of sp³-hybridized carbons (Fsp3) is 0.500. The molecule has 0 saturated carbocycles. The number of pyridine rings is 1. The van der Waals surface area contributed by atoms with Crippen molar-refractivity contribution in [2.45, 2.75) is 52.7 Å². The SMILES string of the molecule is CCO[C@@H]1CN(c2cccc(-c3cc(C)ccc3O)n2)CC[C@@H]1C(=O)OC(C)(C)C. The molecule has 0 bridgehead atoms. The number of ether oxygens (including phenoxy) is 2. The molecule has 30 heavy (non-hydrogen) atoms. The summed E-state index contributed by atoms with van der Waals surface area (Å²) in [5.74, 6) is 0.526. The number of aromatic hydroxyl groups is 1. The molecule has 1 aliphatic rings. The molecule has 1 aliphatic heterocycles. The highest BCUT2D eigenvalue weighted by Crippen LogP contribution is 2.32. The quantitative estimate of drug-likeness (QED) is 0.737. The number of hydrogen-bond donors (Lipinski definition) is 1. The Balaban J connectivity index is 1.81. The Morgan fingerprint density at radius 1 is 1.27 bits per heavy atom. The van der Waals surface area contributed by atoms with Gasteiger partial charge in [0.1, 0.15) is 17.2 Å². The number of rotatable bonds is 5. The zero-order valence-corrected chi connectivity index (χ0v) is 18.5. The highest BCUT2D eigenvalue weighted by Gasteiger charge is 2.37. The summed E-state index contributed by atoms with van der Waals surface area (Å²) < 4.78 is 11.5. The summed E-state index contributed by atoms with van der Waals surface area (Å²) in [5.41, 5.74) is 1.97. The molecule has 0 spiro atoms. The van der Waals surface area contributed by atoms with Crippen LogP contribution in [0.4, 0.5) is 5.82 Å².